The van der Waals surface area contributed by atoms with Crippen molar-refractivity contribution >= 4 is 15.9 Å². The van der Waals surface area contributed by atoms with Gasteiger partial charge in [0.15, 0.2) is 0 Å². The maximum atomic E-state index is 8.84. The van der Waals surface area contributed by atoms with Crippen molar-refractivity contribution in [3.8, 4) is 5.75 Å². The fraction of sp³-hybridized carbons (Fsp3) is 0.500. The molecule has 0 aliphatic heterocycles. The second-order valence-corrected chi connectivity index (χ2v) is 4.46. The molecule has 2 N–H and O–H groups in total. The Morgan fingerprint density at radius 1 is 1.50 bits per heavy atom. The summed E-state index contributed by atoms with van der Waals surface area (Å²) in [6.07, 6.45) is 1.72. The largest absolute Gasteiger partial charge is 0.496 e. The van der Waals surface area contributed by atoms with Crippen molar-refractivity contribution in [3.63, 3.8) is 0 Å². The fourth-order valence-corrected chi connectivity index (χ4v) is 2.23. The molecule has 0 spiro atoms. The highest BCUT2D eigenvalue weighted by atomic mass is 79.9. The van der Waals surface area contributed by atoms with Crippen molar-refractivity contribution in [2.24, 2.45) is 0 Å². The molecule has 90 valence electrons. The molecule has 1 aromatic rings. The van der Waals surface area contributed by atoms with E-state index in [1.807, 2.05) is 19.2 Å². The minimum Gasteiger partial charge on any atom is -0.496 e. The van der Waals surface area contributed by atoms with Crippen molar-refractivity contribution < 1.29 is 9.84 Å². The Kier molecular flexibility index (Phi) is 5.80. The van der Waals surface area contributed by atoms with Crippen molar-refractivity contribution in [1.82, 2.24) is 5.32 Å². The average Bonchev–Trinajstić information content (AvgIpc) is 2.30. The van der Waals surface area contributed by atoms with Crippen LogP contribution in [-0.2, 0) is 0 Å². The molecular weight excluding hydrogens is 270 g/mol. The highest BCUT2D eigenvalue weighted by Gasteiger charge is 2.10. The second-order valence-electron chi connectivity index (χ2n) is 3.60. The van der Waals surface area contributed by atoms with E-state index in [0.29, 0.717) is 0 Å². The number of methoxy groups -OCH3 is 1. The molecule has 0 saturated carbocycles. The van der Waals surface area contributed by atoms with E-state index in [1.165, 1.54) is 5.56 Å². The summed E-state index contributed by atoms with van der Waals surface area (Å²) in [6.45, 7) is 0.232. The third-order valence-corrected chi connectivity index (χ3v) is 3.20. The molecule has 0 amide bonds. The Morgan fingerprint density at radius 2 is 2.25 bits per heavy atom. The normalized spacial score (nSPS) is 12.5. The number of ether oxygens (including phenoxy) is 1. The van der Waals surface area contributed by atoms with Gasteiger partial charge in [0, 0.05) is 12.6 Å². The first-order chi connectivity index (χ1) is 7.72. The standard InChI is InChI=1S/C12H18BrNO2/c1-14-11(4-3-7-15)9-5-6-12(16-2)10(13)8-9/h5-6,8,11,14-15H,3-4,7H2,1-2H3. The first-order valence-electron chi connectivity index (χ1n) is 5.34. The molecule has 0 aromatic heterocycles. The SMILES string of the molecule is CNC(CCCO)c1ccc(OC)c(Br)c1. The summed E-state index contributed by atoms with van der Waals surface area (Å²) in [7, 11) is 3.58. The van der Waals surface area contributed by atoms with E-state index in [1.54, 1.807) is 7.11 Å². The molecule has 0 bridgehead atoms. The van der Waals surface area contributed by atoms with Crippen LogP contribution in [0.2, 0.25) is 0 Å². The van der Waals surface area contributed by atoms with Crippen LogP contribution >= 0.6 is 15.9 Å². The van der Waals surface area contributed by atoms with Crippen LogP contribution in [0.1, 0.15) is 24.4 Å². The predicted octanol–water partition coefficient (Wildman–Crippen LogP) is 2.49. The minimum absolute atomic E-state index is 0.232. The maximum Gasteiger partial charge on any atom is 0.133 e. The molecule has 1 rings (SSSR count). The lowest BCUT2D eigenvalue weighted by atomic mass is 10.0. The number of aliphatic hydroxyl groups excluding tert-OH is 1. The summed E-state index contributed by atoms with van der Waals surface area (Å²) in [5.74, 6) is 0.834. The van der Waals surface area contributed by atoms with Gasteiger partial charge in [-0.15, -0.1) is 0 Å². The summed E-state index contributed by atoms with van der Waals surface area (Å²) in [5.41, 5.74) is 1.20. The topological polar surface area (TPSA) is 41.5 Å². The van der Waals surface area contributed by atoms with Crippen LogP contribution < -0.4 is 10.1 Å². The number of hydrogen-bond acceptors (Lipinski definition) is 3. The van der Waals surface area contributed by atoms with Gasteiger partial charge in [-0.2, -0.15) is 0 Å². The van der Waals surface area contributed by atoms with E-state index >= 15 is 0 Å². The zero-order chi connectivity index (χ0) is 12.0. The van der Waals surface area contributed by atoms with E-state index in [0.717, 1.165) is 23.1 Å². The monoisotopic (exact) mass is 287 g/mol. The molecule has 0 aliphatic rings. The van der Waals surface area contributed by atoms with Crippen LogP contribution in [0, 0.1) is 0 Å². The van der Waals surface area contributed by atoms with Gasteiger partial charge in [0.2, 0.25) is 0 Å². The number of halogens is 1. The van der Waals surface area contributed by atoms with Gasteiger partial charge in [-0.05, 0) is 53.5 Å². The van der Waals surface area contributed by atoms with Gasteiger partial charge in [0.25, 0.3) is 0 Å². The number of nitrogens with one attached hydrogen (secondary N) is 1. The number of rotatable bonds is 6. The first kappa shape index (κ1) is 13.5. The molecule has 1 atom stereocenters. The molecule has 4 heteroatoms. The van der Waals surface area contributed by atoms with Crippen LogP contribution in [0.25, 0.3) is 0 Å². The van der Waals surface area contributed by atoms with Gasteiger partial charge in [0.1, 0.15) is 5.75 Å². The van der Waals surface area contributed by atoms with Crippen molar-refractivity contribution in [3.05, 3.63) is 28.2 Å². The first-order valence-corrected chi connectivity index (χ1v) is 6.13. The zero-order valence-electron chi connectivity index (χ0n) is 9.66. The molecule has 0 saturated heterocycles. The van der Waals surface area contributed by atoms with Crippen molar-refractivity contribution in [2.45, 2.75) is 18.9 Å². The molecule has 3 nitrogen and oxygen atoms in total. The van der Waals surface area contributed by atoms with Gasteiger partial charge < -0.3 is 15.2 Å². The van der Waals surface area contributed by atoms with Crippen LogP contribution in [0.4, 0.5) is 0 Å². The number of benzene rings is 1. The highest BCUT2D eigenvalue weighted by molar-refractivity contribution is 9.10. The van der Waals surface area contributed by atoms with Gasteiger partial charge >= 0.3 is 0 Å². The van der Waals surface area contributed by atoms with Gasteiger partial charge in [-0.1, -0.05) is 6.07 Å². The lowest BCUT2D eigenvalue weighted by Gasteiger charge is -2.17. The van der Waals surface area contributed by atoms with Crippen LogP contribution in [-0.4, -0.2) is 25.9 Å². The number of aliphatic hydroxyl groups is 1. The lowest BCUT2D eigenvalue weighted by molar-refractivity contribution is 0.276. The molecule has 1 aromatic carbocycles. The van der Waals surface area contributed by atoms with E-state index in [4.69, 9.17) is 9.84 Å². The Bertz CT molecular complexity index is 331. The fourth-order valence-electron chi connectivity index (χ4n) is 1.67. The Labute approximate surface area is 105 Å². The van der Waals surface area contributed by atoms with Crippen molar-refractivity contribution in [1.29, 1.82) is 0 Å². The van der Waals surface area contributed by atoms with Gasteiger partial charge in [-0.25, -0.2) is 0 Å². The molecule has 0 radical (unpaired) electrons. The van der Waals surface area contributed by atoms with Crippen LogP contribution in [0.3, 0.4) is 0 Å². The Balaban J connectivity index is 2.80. The minimum atomic E-state index is 0.232. The summed E-state index contributed by atoms with van der Waals surface area (Å²) < 4.78 is 6.14. The molecule has 0 fully saturated rings. The smallest absolute Gasteiger partial charge is 0.133 e. The molecule has 16 heavy (non-hydrogen) atoms. The summed E-state index contributed by atoms with van der Waals surface area (Å²) >= 11 is 3.47. The Hall–Kier alpha value is -0.580. The van der Waals surface area contributed by atoms with Crippen molar-refractivity contribution in [2.75, 3.05) is 20.8 Å². The Morgan fingerprint density at radius 3 is 2.75 bits per heavy atom. The van der Waals surface area contributed by atoms with E-state index in [-0.39, 0.29) is 12.6 Å². The summed E-state index contributed by atoms with van der Waals surface area (Å²) in [5, 5.41) is 12.1. The number of hydrogen-bond donors (Lipinski definition) is 2. The predicted molar refractivity (Wildman–Crippen MR) is 68.8 cm³/mol. The molecule has 1 unspecified atom stereocenters. The van der Waals surface area contributed by atoms with Gasteiger partial charge in [0.05, 0.1) is 11.6 Å². The molecular formula is C12H18BrNO2. The average molecular weight is 288 g/mol. The van der Waals surface area contributed by atoms with E-state index in [9.17, 15) is 0 Å². The second kappa shape index (κ2) is 6.89. The maximum absolute atomic E-state index is 8.84. The summed E-state index contributed by atoms with van der Waals surface area (Å²) in [4.78, 5) is 0. The third-order valence-electron chi connectivity index (χ3n) is 2.58. The lowest BCUT2D eigenvalue weighted by Crippen LogP contribution is -2.16. The van der Waals surface area contributed by atoms with E-state index in [2.05, 4.69) is 27.3 Å². The molecule has 0 heterocycles. The zero-order valence-corrected chi connectivity index (χ0v) is 11.3. The van der Waals surface area contributed by atoms with Crippen LogP contribution in [0.5, 0.6) is 5.75 Å². The summed E-state index contributed by atoms with van der Waals surface area (Å²) in [6, 6.07) is 6.32. The van der Waals surface area contributed by atoms with Crippen LogP contribution in [0.15, 0.2) is 22.7 Å². The molecule has 0 aliphatic carbocycles. The quantitative estimate of drug-likeness (QED) is 0.845. The third kappa shape index (κ3) is 3.47. The van der Waals surface area contributed by atoms with Gasteiger partial charge in [-0.3, -0.25) is 0 Å². The van der Waals surface area contributed by atoms with E-state index < -0.39 is 0 Å². The highest BCUT2D eigenvalue weighted by Crippen LogP contribution is 2.29.